The molecule has 1 atom stereocenters. The molecular formula is C12H12BrCl2FO. The van der Waals surface area contributed by atoms with Crippen molar-refractivity contribution in [1.29, 1.82) is 0 Å². The van der Waals surface area contributed by atoms with E-state index >= 15 is 0 Å². The van der Waals surface area contributed by atoms with Crippen LogP contribution in [0.4, 0.5) is 4.39 Å². The van der Waals surface area contributed by atoms with Crippen molar-refractivity contribution in [2.24, 2.45) is 0 Å². The van der Waals surface area contributed by atoms with E-state index in [1.807, 2.05) is 6.92 Å². The summed E-state index contributed by atoms with van der Waals surface area (Å²) in [5, 5.41) is 0.507. The maximum atomic E-state index is 13.0. The van der Waals surface area contributed by atoms with E-state index in [1.54, 1.807) is 0 Å². The van der Waals surface area contributed by atoms with Crippen molar-refractivity contribution in [3.8, 4) is 0 Å². The van der Waals surface area contributed by atoms with Crippen molar-refractivity contribution < 1.29 is 9.18 Å². The molecular weight excluding hydrogens is 330 g/mol. The molecule has 0 amide bonds. The highest BCUT2D eigenvalue weighted by Gasteiger charge is 2.18. The summed E-state index contributed by atoms with van der Waals surface area (Å²) in [6.07, 6.45) is 1.68. The van der Waals surface area contributed by atoms with Crippen LogP contribution in [0.15, 0.2) is 12.1 Å². The molecule has 0 aliphatic carbocycles. The molecule has 0 bridgehead atoms. The van der Waals surface area contributed by atoms with Crippen molar-refractivity contribution in [1.82, 2.24) is 0 Å². The average molecular weight is 342 g/mol. The van der Waals surface area contributed by atoms with E-state index in [4.69, 9.17) is 23.2 Å². The van der Waals surface area contributed by atoms with Crippen molar-refractivity contribution in [3.05, 3.63) is 33.6 Å². The van der Waals surface area contributed by atoms with Gasteiger partial charge in [-0.05, 0) is 30.5 Å². The van der Waals surface area contributed by atoms with Gasteiger partial charge in [-0.15, -0.1) is 0 Å². The second-order valence-electron chi connectivity index (χ2n) is 3.74. The molecule has 5 heteroatoms. The molecule has 1 unspecified atom stereocenters. The second-order valence-corrected chi connectivity index (χ2v) is 5.66. The third-order valence-electron chi connectivity index (χ3n) is 2.33. The lowest BCUT2D eigenvalue weighted by atomic mass is 10.0. The zero-order valence-electron chi connectivity index (χ0n) is 9.27. The number of halogens is 4. The quantitative estimate of drug-likeness (QED) is 0.702. The summed E-state index contributed by atoms with van der Waals surface area (Å²) >= 11 is 15.1. The molecule has 94 valence electrons. The Kier molecular flexibility index (Phi) is 5.90. The molecule has 0 fully saturated rings. The normalized spacial score (nSPS) is 12.5. The lowest BCUT2D eigenvalue weighted by molar-refractivity contribution is -0.118. The molecule has 1 aromatic carbocycles. The monoisotopic (exact) mass is 340 g/mol. The maximum Gasteiger partial charge on any atom is 0.146 e. The summed E-state index contributed by atoms with van der Waals surface area (Å²) in [5.74, 6) is -0.376. The minimum absolute atomic E-state index is 0.101. The molecule has 1 rings (SSSR count). The first kappa shape index (κ1) is 14.9. The molecule has 0 saturated carbocycles. The standard InChI is InChI=1S/C12H12BrCl2FO/c1-2-3-12(17)9(13)6-8-10(14)4-7(16)5-11(8)15/h4-5,9H,2-3,6H2,1H3. The molecule has 17 heavy (non-hydrogen) atoms. The summed E-state index contributed by atoms with van der Waals surface area (Å²) < 4.78 is 13.0. The molecule has 0 N–H and O–H groups in total. The Labute approximate surface area is 118 Å². The van der Waals surface area contributed by atoms with Crippen molar-refractivity contribution >= 4 is 44.9 Å². The number of alkyl halides is 1. The fourth-order valence-corrected chi connectivity index (χ4v) is 2.63. The number of hydrogen-bond donors (Lipinski definition) is 0. The SMILES string of the molecule is CCCC(=O)C(Br)Cc1c(Cl)cc(F)cc1Cl. The number of ketones is 1. The van der Waals surface area contributed by atoms with Crippen LogP contribution in [0.25, 0.3) is 0 Å². The predicted octanol–water partition coefficient (Wildman–Crippen LogP) is 4.81. The van der Waals surface area contributed by atoms with Gasteiger partial charge in [-0.3, -0.25) is 4.79 Å². The fraction of sp³-hybridized carbons (Fsp3) is 0.417. The van der Waals surface area contributed by atoms with Gasteiger partial charge in [0, 0.05) is 16.5 Å². The minimum Gasteiger partial charge on any atom is -0.298 e. The summed E-state index contributed by atoms with van der Waals surface area (Å²) in [7, 11) is 0. The van der Waals surface area contributed by atoms with Gasteiger partial charge in [0.05, 0.1) is 4.83 Å². The number of carbonyl (C=O) groups excluding carboxylic acids is 1. The zero-order chi connectivity index (χ0) is 13.0. The van der Waals surface area contributed by atoms with Gasteiger partial charge in [-0.2, -0.15) is 0 Å². The van der Waals surface area contributed by atoms with Gasteiger partial charge in [-0.1, -0.05) is 46.1 Å². The largest absolute Gasteiger partial charge is 0.298 e. The first-order valence-corrected chi connectivity index (χ1v) is 6.93. The predicted molar refractivity (Wildman–Crippen MR) is 72.8 cm³/mol. The van der Waals surface area contributed by atoms with Gasteiger partial charge in [-0.25, -0.2) is 4.39 Å². The first-order chi connectivity index (χ1) is 7.95. The molecule has 0 spiro atoms. The summed E-state index contributed by atoms with van der Waals surface area (Å²) in [6.45, 7) is 1.94. The van der Waals surface area contributed by atoms with E-state index in [1.165, 1.54) is 12.1 Å². The Morgan fingerprint density at radius 2 is 1.94 bits per heavy atom. The number of benzene rings is 1. The molecule has 0 heterocycles. The molecule has 0 aromatic heterocycles. The van der Waals surface area contributed by atoms with Gasteiger partial charge < -0.3 is 0 Å². The highest BCUT2D eigenvalue weighted by molar-refractivity contribution is 9.10. The van der Waals surface area contributed by atoms with Gasteiger partial charge in [0.1, 0.15) is 11.6 Å². The smallest absolute Gasteiger partial charge is 0.146 e. The number of hydrogen-bond acceptors (Lipinski definition) is 1. The van der Waals surface area contributed by atoms with E-state index < -0.39 is 5.82 Å². The van der Waals surface area contributed by atoms with Crippen molar-refractivity contribution in [2.75, 3.05) is 0 Å². The van der Waals surface area contributed by atoms with E-state index in [9.17, 15) is 9.18 Å². The topological polar surface area (TPSA) is 17.1 Å². The fourth-order valence-electron chi connectivity index (χ4n) is 1.46. The van der Waals surface area contributed by atoms with Gasteiger partial charge in [0.15, 0.2) is 0 Å². The van der Waals surface area contributed by atoms with E-state index in [-0.39, 0.29) is 20.7 Å². The second kappa shape index (κ2) is 6.72. The van der Waals surface area contributed by atoms with Crippen LogP contribution in [0, 0.1) is 5.82 Å². The van der Waals surface area contributed by atoms with Crippen LogP contribution in [0.2, 0.25) is 10.0 Å². The van der Waals surface area contributed by atoms with E-state index in [0.717, 1.165) is 6.42 Å². The molecule has 0 radical (unpaired) electrons. The summed E-state index contributed by atoms with van der Waals surface area (Å²) in [5.41, 5.74) is 0.598. The molecule has 1 nitrogen and oxygen atoms in total. The lowest BCUT2D eigenvalue weighted by Crippen LogP contribution is -2.16. The third kappa shape index (κ3) is 4.23. The lowest BCUT2D eigenvalue weighted by Gasteiger charge is -2.11. The Balaban J connectivity index is 2.85. The highest BCUT2D eigenvalue weighted by atomic mass is 79.9. The van der Waals surface area contributed by atoms with Crippen LogP contribution in [-0.2, 0) is 11.2 Å². The number of rotatable bonds is 5. The Morgan fingerprint density at radius 3 is 2.41 bits per heavy atom. The zero-order valence-corrected chi connectivity index (χ0v) is 12.4. The Morgan fingerprint density at radius 1 is 1.41 bits per heavy atom. The van der Waals surface area contributed by atoms with Gasteiger partial charge in [0.2, 0.25) is 0 Å². The van der Waals surface area contributed by atoms with E-state index in [2.05, 4.69) is 15.9 Å². The Bertz CT molecular complexity index is 400. The average Bonchev–Trinajstić information content (AvgIpc) is 2.23. The Hall–Kier alpha value is -0.120. The van der Waals surface area contributed by atoms with Crippen LogP contribution >= 0.6 is 39.1 Å². The van der Waals surface area contributed by atoms with Crippen LogP contribution in [0.1, 0.15) is 25.3 Å². The first-order valence-electron chi connectivity index (χ1n) is 5.26. The van der Waals surface area contributed by atoms with Gasteiger partial charge >= 0.3 is 0 Å². The molecule has 0 aliphatic heterocycles. The van der Waals surface area contributed by atoms with Crippen LogP contribution in [-0.4, -0.2) is 10.6 Å². The third-order valence-corrected chi connectivity index (χ3v) is 3.84. The van der Waals surface area contributed by atoms with Crippen LogP contribution < -0.4 is 0 Å². The minimum atomic E-state index is -0.477. The van der Waals surface area contributed by atoms with Crippen LogP contribution in [0.5, 0.6) is 0 Å². The highest BCUT2D eigenvalue weighted by Crippen LogP contribution is 2.29. The summed E-state index contributed by atoms with van der Waals surface area (Å²) in [6, 6.07) is 2.40. The van der Waals surface area contributed by atoms with Crippen molar-refractivity contribution in [2.45, 2.75) is 31.0 Å². The van der Waals surface area contributed by atoms with E-state index in [0.29, 0.717) is 18.4 Å². The molecule has 1 aromatic rings. The summed E-state index contributed by atoms with van der Waals surface area (Å²) in [4.78, 5) is 11.3. The number of carbonyl (C=O) groups is 1. The molecule has 0 aliphatic rings. The maximum absolute atomic E-state index is 13.0. The number of Topliss-reactive ketones (excluding diaryl/α,β-unsaturated/α-hetero) is 1. The van der Waals surface area contributed by atoms with Gasteiger partial charge in [0.25, 0.3) is 0 Å². The molecule has 0 saturated heterocycles. The van der Waals surface area contributed by atoms with Crippen molar-refractivity contribution in [3.63, 3.8) is 0 Å². The van der Waals surface area contributed by atoms with Crippen LogP contribution in [0.3, 0.4) is 0 Å².